The Kier molecular flexibility index (Phi) is 10.4. The van der Waals surface area contributed by atoms with Crippen molar-refractivity contribution in [1.29, 1.82) is 0 Å². The van der Waals surface area contributed by atoms with E-state index in [-0.39, 0.29) is 25.5 Å². The van der Waals surface area contributed by atoms with Gasteiger partial charge in [0.1, 0.15) is 0 Å². The predicted octanol–water partition coefficient (Wildman–Crippen LogP) is 12.7. The molecule has 0 saturated heterocycles. The monoisotopic (exact) mass is 859 g/mol. The van der Waals surface area contributed by atoms with Gasteiger partial charge in [-0.25, -0.2) is 0 Å². The van der Waals surface area contributed by atoms with E-state index in [1.165, 1.54) is 50.1 Å². The van der Waals surface area contributed by atoms with Crippen molar-refractivity contribution < 1.29 is 20.1 Å². The van der Waals surface area contributed by atoms with Gasteiger partial charge in [-0.1, -0.05) is 111 Å². The largest absolute Gasteiger partial charge is 0.305 e. The van der Waals surface area contributed by atoms with Gasteiger partial charge in [-0.3, -0.25) is 0 Å². The van der Waals surface area contributed by atoms with E-state index in [0.29, 0.717) is 0 Å². The first kappa shape index (κ1) is 35.7. The molecule has 9 rings (SSSR count). The van der Waals surface area contributed by atoms with Crippen molar-refractivity contribution in [2.45, 2.75) is 26.2 Å². The summed E-state index contributed by atoms with van der Waals surface area (Å²) in [6, 6.07) is 66.1. The van der Waals surface area contributed by atoms with Gasteiger partial charge in [-0.05, 0) is 98.7 Å². The quantitative estimate of drug-likeness (QED) is 0.161. The molecule has 0 aliphatic heterocycles. The number of hydrogen-bond donors (Lipinski definition) is 0. The van der Waals surface area contributed by atoms with E-state index in [9.17, 15) is 0 Å². The third kappa shape index (κ3) is 7.46. The van der Waals surface area contributed by atoms with Gasteiger partial charge < -0.3 is 9.97 Å². The van der Waals surface area contributed by atoms with Crippen molar-refractivity contribution in [2.75, 3.05) is 0 Å². The Morgan fingerprint density at radius 3 is 1.74 bits per heavy atom. The average Bonchev–Trinajstić information content (AvgIpc) is 3.44. The molecule has 0 N–H and O–H groups in total. The molecule has 2 nitrogen and oxygen atoms in total. The molecule has 8 aromatic rings. The summed E-state index contributed by atoms with van der Waals surface area (Å²) >= 11 is 0. The van der Waals surface area contributed by atoms with Crippen molar-refractivity contribution in [3.63, 3.8) is 0 Å². The van der Waals surface area contributed by atoms with Crippen molar-refractivity contribution in [1.82, 2.24) is 9.97 Å². The fraction of sp³-hybridized carbons (Fsp3) is 0.0800. The molecular formula is C50H38IrN2-2. The van der Waals surface area contributed by atoms with Crippen LogP contribution in [0.5, 0.6) is 0 Å². The van der Waals surface area contributed by atoms with E-state index < -0.39 is 0 Å². The van der Waals surface area contributed by atoms with E-state index in [1.54, 1.807) is 0 Å². The minimum Gasteiger partial charge on any atom is -0.305 e. The van der Waals surface area contributed by atoms with Gasteiger partial charge in [-0.2, -0.15) is 0 Å². The summed E-state index contributed by atoms with van der Waals surface area (Å²) in [5.41, 5.74) is 17.8. The summed E-state index contributed by atoms with van der Waals surface area (Å²) < 4.78 is 0. The summed E-state index contributed by atoms with van der Waals surface area (Å²) in [5, 5.41) is 0. The zero-order valence-corrected chi connectivity index (χ0v) is 32.4. The topological polar surface area (TPSA) is 25.8 Å². The smallest absolute Gasteiger partial charge is 0.0266 e. The summed E-state index contributed by atoms with van der Waals surface area (Å²) in [6.07, 6.45) is 1.82. The van der Waals surface area contributed by atoms with Crippen LogP contribution in [0.15, 0.2) is 176 Å². The summed E-state index contributed by atoms with van der Waals surface area (Å²) in [6.45, 7) is 6.67. The maximum atomic E-state index is 4.50. The van der Waals surface area contributed by atoms with Crippen molar-refractivity contribution in [2.24, 2.45) is 0 Å². The molecule has 0 unspecified atom stereocenters. The van der Waals surface area contributed by atoms with Crippen LogP contribution >= 0.6 is 0 Å². The van der Waals surface area contributed by atoms with E-state index in [4.69, 9.17) is 0 Å². The Bertz CT molecular complexity index is 2500. The molecular weight excluding hydrogens is 821 g/mol. The molecule has 53 heavy (non-hydrogen) atoms. The second-order valence-corrected chi connectivity index (χ2v) is 13.7. The third-order valence-electron chi connectivity index (χ3n) is 9.92. The number of aromatic nitrogens is 2. The first-order valence-corrected chi connectivity index (χ1v) is 17.7. The van der Waals surface area contributed by atoms with Gasteiger partial charge in [0.15, 0.2) is 0 Å². The number of nitrogens with zero attached hydrogens (tertiary/aromatic N) is 2. The first-order valence-electron chi connectivity index (χ1n) is 17.7. The minimum atomic E-state index is -0.00485. The Balaban J connectivity index is 0.000000263. The molecule has 6 aromatic carbocycles. The van der Waals surface area contributed by atoms with Crippen LogP contribution in [0, 0.1) is 19.1 Å². The van der Waals surface area contributed by atoms with Gasteiger partial charge in [0.2, 0.25) is 0 Å². The number of aryl methyl sites for hydroxylation is 1. The zero-order chi connectivity index (χ0) is 35.5. The Hall–Kier alpha value is -5.73. The summed E-state index contributed by atoms with van der Waals surface area (Å²) in [7, 11) is 0. The molecule has 0 bridgehead atoms. The Labute approximate surface area is 326 Å². The molecule has 0 atom stereocenters. The van der Waals surface area contributed by atoms with Crippen LogP contribution in [0.3, 0.4) is 0 Å². The Morgan fingerprint density at radius 1 is 0.453 bits per heavy atom. The maximum Gasteiger partial charge on any atom is 0.0266 e. The minimum absolute atomic E-state index is 0. The number of hydrogen-bond acceptors (Lipinski definition) is 2. The molecule has 3 heteroatoms. The maximum absolute atomic E-state index is 4.50. The van der Waals surface area contributed by atoms with Crippen LogP contribution in [0.1, 0.15) is 30.7 Å². The average molecular weight is 859 g/mol. The molecule has 1 radical (unpaired) electrons. The van der Waals surface area contributed by atoms with E-state index in [0.717, 1.165) is 33.8 Å². The number of fused-ring (bicyclic) bond motifs is 3. The number of benzene rings is 6. The molecule has 1 aliphatic rings. The summed E-state index contributed by atoms with van der Waals surface area (Å²) in [5.74, 6) is 0. The van der Waals surface area contributed by atoms with E-state index in [2.05, 4.69) is 139 Å². The van der Waals surface area contributed by atoms with E-state index >= 15 is 0 Å². The SMILES string of the molecule is CC1(C)c2ccccc2-c2ccc(-c3cccc(-c4cccc(-c5cc[c-]c(-c6ccccn6)c5)c4)c3)cc21.Cc1cccc(-c2[c-]cccc2)n1.[Ir]. The molecule has 0 amide bonds. The fourth-order valence-electron chi connectivity index (χ4n) is 7.20. The van der Waals surface area contributed by atoms with Gasteiger partial charge in [-0.15, -0.1) is 71.3 Å². The number of rotatable bonds is 5. The van der Waals surface area contributed by atoms with Crippen molar-refractivity contribution in [3.05, 3.63) is 205 Å². The first-order chi connectivity index (χ1) is 25.4. The van der Waals surface area contributed by atoms with Gasteiger partial charge >= 0.3 is 0 Å². The normalized spacial score (nSPS) is 12.1. The van der Waals surface area contributed by atoms with Crippen LogP contribution < -0.4 is 0 Å². The van der Waals surface area contributed by atoms with Crippen LogP contribution in [0.4, 0.5) is 0 Å². The van der Waals surface area contributed by atoms with E-state index in [1.807, 2.05) is 79.9 Å². The van der Waals surface area contributed by atoms with Crippen LogP contribution in [-0.4, -0.2) is 9.97 Å². The third-order valence-corrected chi connectivity index (χ3v) is 9.92. The molecule has 0 spiro atoms. The second-order valence-electron chi connectivity index (χ2n) is 13.7. The van der Waals surface area contributed by atoms with Crippen molar-refractivity contribution in [3.8, 4) is 67.0 Å². The van der Waals surface area contributed by atoms with Gasteiger partial charge in [0.05, 0.1) is 0 Å². The number of pyridine rings is 2. The standard InChI is InChI=1S/C38H28N.C12H10N.Ir/c1-38(2)35-17-4-3-16-33(35)34-20-19-31(25-36(34)38)29-13-8-11-27(23-29)26-10-7-12-28(22-26)30-14-9-15-32(24-30)37-18-5-6-21-39-37;1-10-6-5-9-12(13-10)11-7-3-2-4-8-11;/h3-14,16-25H,1-2H3;2-7,9H,1H3;/q2*-1;. The second kappa shape index (κ2) is 15.5. The molecule has 0 fully saturated rings. The van der Waals surface area contributed by atoms with Crippen LogP contribution in [0.2, 0.25) is 0 Å². The molecule has 0 saturated carbocycles. The van der Waals surface area contributed by atoms with Crippen molar-refractivity contribution >= 4 is 0 Å². The molecule has 1 aliphatic carbocycles. The molecule has 259 valence electrons. The zero-order valence-electron chi connectivity index (χ0n) is 30.0. The van der Waals surface area contributed by atoms with Crippen LogP contribution in [0.25, 0.3) is 67.0 Å². The Morgan fingerprint density at radius 2 is 1.06 bits per heavy atom. The molecule has 2 aromatic heterocycles. The fourth-order valence-corrected chi connectivity index (χ4v) is 7.20. The predicted molar refractivity (Wildman–Crippen MR) is 216 cm³/mol. The van der Waals surface area contributed by atoms with Gasteiger partial charge in [0, 0.05) is 37.4 Å². The van der Waals surface area contributed by atoms with Crippen LogP contribution in [-0.2, 0) is 25.5 Å². The molecule has 2 heterocycles. The van der Waals surface area contributed by atoms with Gasteiger partial charge in [0.25, 0.3) is 0 Å². The summed E-state index contributed by atoms with van der Waals surface area (Å²) in [4.78, 5) is 8.91.